The fourth-order valence-corrected chi connectivity index (χ4v) is 4.30. The van der Waals surface area contributed by atoms with E-state index in [1.54, 1.807) is 11.8 Å². The number of amides is 1. The van der Waals surface area contributed by atoms with Crippen LogP contribution in [-0.4, -0.2) is 54.2 Å². The number of imidazole rings is 1. The molecule has 2 aromatic heterocycles. The van der Waals surface area contributed by atoms with Crippen molar-refractivity contribution >= 4 is 16.9 Å². The highest BCUT2D eigenvalue weighted by atomic mass is 16.3. The molecule has 9 heteroatoms. The molecule has 4 rings (SSSR count). The molecule has 1 saturated heterocycles. The summed E-state index contributed by atoms with van der Waals surface area (Å²) in [6, 6.07) is 7.42. The number of β-amino-alcohol motifs (C(OH)–C–C–N with tert-alkyl or cyclic N) is 1. The highest BCUT2D eigenvalue weighted by Crippen LogP contribution is 2.22. The predicted octanol–water partition coefficient (Wildman–Crippen LogP) is 0.982. The Morgan fingerprint density at radius 1 is 1.26 bits per heavy atom. The van der Waals surface area contributed by atoms with Gasteiger partial charge in [-0.05, 0) is 32.4 Å². The number of benzene rings is 1. The lowest BCUT2D eigenvalue weighted by Crippen LogP contribution is -2.37. The molecule has 31 heavy (non-hydrogen) atoms. The van der Waals surface area contributed by atoms with Gasteiger partial charge in [0, 0.05) is 44.2 Å². The molecule has 1 fully saturated rings. The van der Waals surface area contributed by atoms with Crippen molar-refractivity contribution in [1.29, 1.82) is 0 Å². The van der Waals surface area contributed by atoms with Crippen LogP contribution in [0.5, 0.6) is 0 Å². The van der Waals surface area contributed by atoms with Crippen molar-refractivity contribution in [3.05, 3.63) is 62.7 Å². The number of nitrogens with zero attached hydrogens (tertiary/aromatic N) is 4. The first-order valence-electron chi connectivity index (χ1n) is 10.6. The van der Waals surface area contributed by atoms with Crippen LogP contribution in [0.4, 0.5) is 0 Å². The van der Waals surface area contributed by atoms with Gasteiger partial charge in [-0.15, -0.1) is 0 Å². The average Bonchev–Trinajstić information content (AvgIpc) is 3.30. The maximum atomic E-state index is 12.7. The maximum absolute atomic E-state index is 12.7. The van der Waals surface area contributed by atoms with Crippen molar-refractivity contribution in [2.75, 3.05) is 13.1 Å². The summed E-state index contributed by atoms with van der Waals surface area (Å²) in [5, 5.41) is 10.4. The third-order valence-electron chi connectivity index (χ3n) is 5.96. The topological polar surface area (TPSA) is 113 Å². The number of aliphatic hydroxyl groups excluding tert-OH is 1. The lowest BCUT2D eigenvalue weighted by molar-refractivity contribution is -0.130. The van der Waals surface area contributed by atoms with Crippen molar-refractivity contribution in [2.24, 2.45) is 0 Å². The number of para-hydroxylation sites is 2. The lowest BCUT2D eigenvalue weighted by atomic mass is 10.2. The van der Waals surface area contributed by atoms with Crippen LogP contribution in [0.25, 0.3) is 11.0 Å². The van der Waals surface area contributed by atoms with Crippen LogP contribution in [0.15, 0.2) is 40.1 Å². The van der Waals surface area contributed by atoms with Gasteiger partial charge in [0.2, 0.25) is 5.91 Å². The second kappa shape index (κ2) is 8.50. The second-order valence-corrected chi connectivity index (χ2v) is 8.03. The van der Waals surface area contributed by atoms with Gasteiger partial charge in [0.15, 0.2) is 0 Å². The van der Waals surface area contributed by atoms with Crippen molar-refractivity contribution < 1.29 is 9.90 Å². The van der Waals surface area contributed by atoms with Gasteiger partial charge in [-0.1, -0.05) is 12.1 Å². The number of hydrogen-bond donors (Lipinski definition) is 2. The molecule has 0 spiro atoms. The molecule has 0 saturated carbocycles. The number of H-pyrrole nitrogens is 1. The molecule has 3 aromatic rings. The van der Waals surface area contributed by atoms with E-state index >= 15 is 0 Å². The maximum Gasteiger partial charge on any atom is 0.328 e. The highest BCUT2D eigenvalue weighted by Gasteiger charge is 2.35. The molecule has 0 aliphatic carbocycles. The van der Waals surface area contributed by atoms with Gasteiger partial charge in [-0.25, -0.2) is 9.78 Å². The van der Waals surface area contributed by atoms with E-state index < -0.39 is 23.4 Å². The van der Waals surface area contributed by atoms with E-state index in [-0.39, 0.29) is 19.0 Å². The number of aromatic amines is 1. The number of likely N-dealkylation sites (tertiary alicyclic amines) is 1. The number of nitrogens with one attached hydrogen (secondary N) is 1. The van der Waals surface area contributed by atoms with Crippen LogP contribution < -0.4 is 11.2 Å². The van der Waals surface area contributed by atoms with Crippen molar-refractivity contribution in [2.45, 2.75) is 51.8 Å². The minimum Gasteiger partial charge on any atom is -0.389 e. The third-order valence-corrected chi connectivity index (χ3v) is 5.96. The van der Waals surface area contributed by atoms with Crippen molar-refractivity contribution in [1.82, 2.24) is 24.0 Å². The summed E-state index contributed by atoms with van der Waals surface area (Å²) < 4.78 is 3.48. The van der Waals surface area contributed by atoms with Crippen LogP contribution in [0, 0.1) is 6.92 Å². The SMILES string of the molecule is CCn1c(CCCC(=O)N2C[C@@H](O)[C@H](n3cc(C)c(=O)[nH]c3=O)C2)nc2ccccc21. The van der Waals surface area contributed by atoms with E-state index in [2.05, 4.69) is 16.5 Å². The van der Waals surface area contributed by atoms with Crippen molar-refractivity contribution in [3.63, 3.8) is 0 Å². The molecule has 9 nitrogen and oxygen atoms in total. The summed E-state index contributed by atoms with van der Waals surface area (Å²) in [6.07, 6.45) is 2.25. The Balaban J connectivity index is 1.40. The minimum absolute atomic E-state index is 0.0603. The summed E-state index contributed by atoms with van der Waals surface area (Å²) >= 11 is 0. The van der Waals surface area contributed by atoms with Crippen molar-refractivity contribution in [3.8, 4) is 0 Å². The Bertz CT molecular complexity index is 1220. The van der Waals surface area contributed by atoms with Gasteiger partial charge in [0.05, 0.1) is 23.2 Å². The summed E-state index contributed by atoms with van der Waals surface area (Å²) in [4.78, 5) is 45.0. The van der Waals surface area contributed by atoms with E-state index in [0.717, 1.165) is 23.4 Å². The molecule has 0 radical (unpaired) electrons. The fraction of sp³-hybridized carbons (Fsp3) is 0.455. The molecule has 3 heterocycles. The summed E-state index contributed by atoms with van der Waals surface area (Å²) in [6.45, 7) is 4.90. The number of carbonyl (C=O) groups is 1. The number of carbonyl (C=O) groups excluding carboxylic acids is 1. The Labute approximate surface area is 179 Å². The Hall–Kier alpha value is -3.20. The molecule has 1 aromatic carbocycles. The molecule has 164 valence electrons. The molecule has 0 bridgehead atoms. The molecule has 1 amide bonds. The lowest BCUT2D eigenvalue weighted by Gasteiger charge is -2.18. The van der Waals surface area contributed by atoms with Crippen LogP contribution in [-0.2, 0) is 17.8 Å². The van der Waals surface area contributed by atoms with E-state index in [9.17, 15) is 19.5 Å². The van der Waals surface area contributed by atoms with Gasteiger partial charge < -0.3 is 14.6 Å². The number of fused-ring (bicyclic) bond motifs is 1. The average molecular weight is 425 g/mol. The number of aromatic nitrogens is 4. The number of rotatable bonds is 6. The normalized spacial score (nSPS) is 18.7. The van der Waals surface area contributed by atoms with E-state index in [1.165, 1.54) is 10.8 Å². The Morgan fingerprint density at radius 2 is 2.03 bits per heavy atom. The Morgan fingerprint density at radius 3 is 2.81 bits per heavy atom. The molecule has 1 aliphatic heterocycles. The fourth-order valence-electron chi connectivity index (χ4n) is 4.30. The van der Waals surface area contributed by atoms with E-state index in [1.807, 2.05) is 24.3 Å². The van der Waals surface area contributed by atoms with E-state index in [4.69, 9.17) is 4.98 Å². The van der Waals surface area contributed by atoms with Gasteiger partial charge >= 0.3 is 5.69 Å². The van der Waals surface area contributed by atoms with Crippen LogP contribution in [0.1, 0.15) is 37.2 Å². The first kappa shape index (κ1) is 21.0. The summed E-state index contributed by atoms with van der Waals surface area (Å²) in [7, 11) is 0. The highest BCUT2D eigenvalue weighted by molar-refractivity contribution is 5.77. The minimum atomic E-state index is -0.865. The number of aryl methyl sites for hydroxylation is 3. The smallest absolute Gasteiger partial charge is 0.328 e. The zero-order valence-corrected chi connectivity index (χ0v) is 17.7. The third kappa shape index (κ3) is 4.05. The molecule has 2 atom stereocenters. The molecule has 0 unspecified atom stereocenters. The zero-order chi connectivity index (χ0) is 22.1. The van der Waals surface area contributed by atoms with Crippen LogP contribution >= 0.6 is 0 Å². The van der Waals surface area contributed by atoms with E-state index in [0.29, 0.717) is 24.8 Å². The Kier molecular flexibility index (Phi) is 5.77. The standard InChI is InChI=1S/C22H27N5O4/c1-3-26-16-8-5-4-7-15(16)23-19(26)9-6-10-20(29)25-12-17(18(28)13-25)27-11-14(2)21(30)24-22(27)31/h4-5,7-8,11,17-18,28H,3,6,9-10,12-13H2,1-2H3,(H,24,30,31)/t17-,18-/m1/s1. The molecule has 2 N–H and O–H groups in total. The van der Waals surface area contributed by atoms with Gasteiger partial charge in [-0.3, -0.25) is 19.1 Å². The summed E-state index contributed by atoms with van der Waals surface area (Å²) in [5.74, 6) is 0.904. The molecular weight excluding hydrogens is 398 g/mol. The monoisotopic (exact) mass is 425 g/mol. The van der Waals surface area contributed by atoms with Crippen LogP contribution in [0.3, 0.4) is 0 Å². The van der Waals surface area contributed by atoms with Gasteiger partial charge in [0.25, 0.3) is 5.56 Å². The quantitative estimate of drug-likeness (QED) is 0.611. The number of aliphatic hydroxyl groups is 1. The zero-order valence-electron chi connectivity index (χ0n) is 17.7. The largest absolute Gasteiger partial charge is 0.389 e. The first-order chi connectivity index (χ1) is 14.9. The predicted molar refractivity (Wildman–Crippen MR) is 116 cm³/mol. The second-order valence-electron chi connectivity index (χ2n) is 8.03. The molecular formula is C22H27N5O4. The number of hydrogen-bond acceptors (Lipinski definition) is 5. The van der Waals surface area contributed by atoms with Gasteiger partial charge in [0.1, 0.15) is 5.82 Å². The first-order valence-corrected chi connectivity index (χ1v) is 10.6. The molecule has 1 aliphatic rings. The van der Waals surface area contributed by atoms with Gasteiger partial charge in [-0.2, -0.15) is 0 Å². The van der Waals surface area contributed by atoms with Crippen LogP contribution in [0.2, 0.25) is 0 Å². The summed E-state index contributed by atoms with van der Waals surface area (Å²) in [5.41, 5.74) is 1.42.